The largest absolute Gasteiger partial charge is 0.329 e. The molecule has 4 N–H and O–H groups in total. The van der Waals surface area contributed by atoms with E-state index in [1.165, 1.54) is 6.26 Å². The van der Waals surface area contributed by atoms with Crippen molar-refractivity contribution in [3.63, 3.8) is 0 Å². The van der Waals surface area contributed by atoms with Gasteiger partial charge in [-0.2, -0.15) is 0 Å². The van der Waals surface area contributed by atoms with Gasteiger partial charge in [0.2, 0.25) is 0 Å². The molecule has 0 aromatic carbocycles. The van der Waals surface area contributed by atoms with Crippen LogP contribution in [-0.2, 0) is 9.84 Å². The Bertz CT molecular complexity index is 263. The summed E-state index contributed by atoms with van der Waals surface area (Å²) in [6, 6.07) is 0. The molecule has 0 aliphatic heterocycles. The number of hydrogen-bond donors (Lipinski definition) is 2. The molecule has 0 aromatic rings. The van der Waals surface area contributed by atoms with Crippen molar-refractivity contribution in [3.05, 3.63) is 0 Å². The van der Waals surface area contributed by atoms with Crippen LogP contribution in [-0.4, -0.2) is 32.0 Å². The summed E-state index contributed by atoms with van der Waals surface area (Å²) < 4.78 is 22.3. The van der Waals surface area contributed by atoms with Gasteiger partial charge in [0.25, 0.3) is 0 Å². The molecule has 0 unspecified atom stereocenters. The molecule has 0 bridgehead atoms. The molecule has 1 saturated carbocycles. The molecule has 2 atom stereocenters. The zero-order chi connectivity index (χ0) is 9.41. The van der Waals surface area contributed by atoms with E-state index in [1.54, 1.807) is 0 Å². The van der Waals surface area contributed by atoms with Crippen LogP contribution in [0.25, 0.3) is 0 Å². The van der Waals surface area contributed by atoms with Crippen molar-refractivity contribution in [1.29, 1.82) is 0 Å². The molecule has 0 heterocycles. The summed E-state index contributed by atoms with van der Waals surface area (Å²) in [5, 5.41) is -0.272. The van der Waals surface area contributed by atoms with Crippen LogP contribution in [0.4, 0.5) is 0 Å². The van der Waals surface area contributed by atoms with Gasteiger partial charge in [-0.1, -0.05) is 0 Å². The first-order valence-corrected chi connectivity index (χ1v) is 6.01. The Morgan fingerprint density at radius 1 is 1.58 bits per heavy atom. The van der Waals surface area contributed by atoms with Crippen LogP contribution >= 0.6 is 0 Å². The fraction of sp³-hybridized carbons (Fsp3) is 1.00. The molecule has 4 nitrogen and oxygen atoms in total. The van der Waals surface area contributed by atoms with Gasteiger partial charge >= 0.3 is 0 Å². The Labute approximate surface area is 73.2 Å². The average Bonchev–Trinajstić information content (AvgIpc) is 2.32. The molecule has 1 fully saturated rings. The Morgan fingerprint density at radius 2 is 2.17 bits per heavy atom. The Balaban J connectivity index is 2.70. The normalized spacial score (nSPS) is 37.1. The van der Waals surface area contributed by atoms with Gasteiger partial charge in [0, 0.05) is 18.3 Å². The van der Waals surface area contributed by atoms with E-state index in [0.29, 0.717) is 19.4 Å². The zero-order valence-corrected chi connectivity index (χ0v) is 8.10. The highest BCUT2D eigenvalue weighted by Gasteiger charge is 2.39. The van der Waals surface area contributed by atoms with Gasteiger partial charge in [-0.3, -0.25) is 0 Å². The van der Waals surface area contributed by atoms with Gasteiger partial charge in [-0.25, -0.2) is 8.42 Å². The predicted octanol–water partition coefficient (Wildman–Crippen LogP) is -0.760. The standard InChI is InChI=1S/C7H16N2O2S/c1-12(10,11)6-2-3-7(9,4-6)5-8/h6H,2-5,8-9H2,1H3/t6-,7-/m1/s1. The molecule has 0 radical (unpaired) electrons. The van der Waals surface area contributed by atoms with Crippen molar-refractivity contribution < 1.29 is 8.42 Å². The predicted molar refractivity (Wildman–Crippen MR) is 48.5 cm³/mol. The topological polar surface area (TPSA) is 86.2 Å². The lowest BCUT2D eigenvalue weighted by atomic mass is 10.0. The highest BCUT2D eigenvalue weighted by atomic mass is 32.2. The summed E-state index contributed by atoms with van der Waals surface area (Å²) in [4.78, 5) is 0. The molecule has 0 spiro atoms. The summed E-state index contributed by atoms with van der Waals surface area (Å²) in [7, 11) is -2.92. The summed E-state index contributed by atoms with van der Waals surface area (Å²) in [6.07, 6.45) is 3.16. The van der Waals surface area contributed by atoms with E-state index in [9.17, 15) is 8.42 Å². The van der Waals surface area contributed by atoms with Gasteiger partial charge in [0.1, 0.15) is 9.84 Å². The first-order valence-electron chi connectivity index (χ1n) is 4.05. The van der Waals surface area contributed by atoms with Crippen LogP contribution in [0.2, 0.25) is 0 Å². The average molecular weight is 192 g/mol. The lowest BCUT2D eigenvalue weighted by molar-refractivity contribution is 0.450. The van der Waals surface area contributed by atoms with Gasteiger partial charge in [-0.05, 0) is 19.3 Å². The van der Waals surface area contributed by atoms with Crippen molar-refractivity contribution in [2.24, 2.45) is 11.5 Å². The summed E-state index contributed by atoms with van der Waals surface area (Å²) in [6.45, 7) is 0.374. The van der Waals surface area contributed by atoms with Crippen molar-refractivity contribution in [2.75, 3.05) is 12.8 Å². The molecular weight excluding hydrogens is 176 g/mol. The van der Waals surface area contributed by atoms with Crippen molar-refractivity contribution in [2.45, 2.75) is 30.1 Å². The number of hydrogen-bond acceptors (Lipinski definition) is 4. The number of sulfone groups is 1. The fourth-order valence-corrected chi connectivity index (χ4v) is 2.84. The second-order valence-electron chi connectivity index (χ2n) is 3.76. The van der Waals surface area contributed by atoms with Gasteiger partial charge < -0.3 is 11.5 Å². The third kappa shape index (κ3) is 1.97. The Kier molecular flexibility index (Phi) is 2.47. The number of rotatable bonds is 2. The molecule has 0 aromatic heterocycles. The number of nitrogens with two attached hydrogens (primary N) is 2. The molecule has 12 heavy (non-hydrogen) atoms. The fourth-order valence-electron chi connectivity index (χ4n) is 1.66. The quantitative estimate of drug-likeness (QED) is 0.602. The van der Waals surface area contributed by atoms with Gasteiger partial charge in [0.15, 0.2) is 0 Å². The van der Waals surface area contributed by atoms with Crippen LogP contribution < -0.4 is 11.5 Å². The van der Waals surface area contributed by atoms with Crippen LogP contribution in [0.3, 0.4) is 0 Å². The Morgan fingerprint density at radius 3 is 2.42 bits per heavy atom. The van der Waals surface area contributed by atoms with E-state index in [2.05, 4.69) is 0 Å². The molecule has 1 aliphatic carbocycles. The monoisotopic (exact) mass is 192 g/mol. The third-order valence-corrected chi connectivity index (χ3v) is 4.22. The van der Waals surface area contributed by atoms with E-state index < -0.39 is 15.4 Å². The molecular formula is C7H16N2O2S. The van der Waals surface area contributed by atoms with Crippen molar-refractivity contribution in [1.82, 2.24) is 0 Å². The lowest BCUT2D eigenvalue weighted by Gasteiger charge is -2.20. The van der Waals surface area contributed by atoms with E-state index in [4.69, 9.17) is 11.5 Å². The molecule has 1 rings (SSSR count). The first-order chi connectivity index (χ1) is 5.37. The molecule has 5 heteroatoms. The first kappa shape index (κ1) is 9.95. The maximum absolute atomic E-state index is 11.1. The SMILES string of the molecule is CS(=O)(=O)[C@@H]1CC[C@](N)(CN)C1. The minimum atomic E-state index is -2.92. The van der Waals surface area contributed by atoms with Crippen molar-refractivity contribution >= 4 is 9.84 Å². The van der Waals surface area contributed by atoms with Crippen LogP contribution in [0, 0.1) is 0 Å². The van der Waals surface area contributed by atoms with E-state index in [1.807, 2.05) is 0 Å². The maximum atomic E-state index is 11.1. The van der Waals surface area contributed by atoms with Crippen LogP contribution in [0.15, 0.2) is 0 Å². The second kappa shape index (κ2) is 2.97. The maximum Gasteiger partial charge on any atom is 0.150 e. The summed E-state index contributed by atoms with van der Waals surface area (Å²) in [5.41, 5.74) is 10.9. The van der Waals surface area contributed by atoms with Crippen LogP contribution in [0.5, 0.6) is 0 Å². The molecule has 72 valence electrons. The minimum Gasteiger partial charge on any atom is -0.329 e. The third-order valence-electron chi connectivity index (χ3n) is 2.61. The Hall–Kier alpha value is -0.130. The lowest BCUT2D eigenvalue weighted by Crippen LogP contribution is -2.45. The van der Waals surface area contributed by atoms with Gasteiger partial charge in [0.05, 0.1) is 5.25 Å². The summed E-state index contributed by atoms with van der Waals surface area (Å²) in [5.74, 6) is 0. The molecule has 0 saturated heterocycles. The van der Waals surface area contributed by atoms with E-state index >= 15 is 0 Å². The molecule has 0 amide bonds. The van der Waals surface area contributed by atoms with E-state index in [0.717, 1.165) is 6.42 Å². The van der Waals surface area contributed by atoms with Gasteiger partial charge in [-0.15, -0.1) is 0 Å². The minimum absolute atomic E-state index is 0.272. The zero-order valence-electron chi connectivity index (χ0n) is 7.29. The van der Waals surface area contributed by atoms with Crippen molar-refractivity contribution in [3.8, 4) is 0 Å². The smallest absolute Gasteiger partial charge is 0.150 e. The highest BCUT2D eigenvalue weighted by molar-refractivity contribution is 7.91. The highest BCUT2D eigenvalue weighted by Crippen LogP contribution is 2.30. The molecule has 1 aliphatic rings. The van der Waals surface area contributed by atoms with Crippen LogP contribution in [0.1, 0.15) is 19.3 Å². The summed E-state index contributed by atoms with van der Waals surface area (Å²) >= 11 is 0. The van der Waals surface area contributed by atoms with E-state index in [-0.39, 0.29) is 5.25 Å². The second-order valence-corrected chi connectivity index (χ2v) is 6.09.